The van der Waals surface area contributed by atoms with E-state index >= 15 is 0 Å². The first-order valence-electron chi connectivity index (χ1n) is 7.63. The van der Waals surface area contributed by atoms with Gasteiger partial charge in [0.1, 0.15) is 0 Å². The molecule has 2 saturated heterocycles. The Kier molecular flexibility index (Phi) is 3.59. The molecule has 0 aromatic heterocycles. The second-order valence-corrected chi connectivity index (χ2v) is 6.47. The molecule has 3 nitrogen and oxygen atoms in total. The molecule has 0 N–H and O–H groups in total. The van der Waals surface area contributed by atoms with Crippen LogP contribution >= 0.6 is 0 Å². The summed E-state index contributed by atoms with van der Waals surface area (Å²) >= 11 is 0. The van der Waals surface area contributed by atoms with Crippen molar-refractivity contribution in [3.63, 3.8) is 0 Å². The standard InChI is InChI=1S/C15H25N3/c1-17-8-3-5-13-11-18(9-7-14(13)17)15-6-2-4-12(15)10-16/h12-15H,2-9,11H2,1H3. The maximum atomic E-state index is 9.26. The Morgan fingerprint density at radius 2 is 1.89 bits per heavy atom. The summed E-state index contributed by atoms with van der Waals surface area (Å²) in [6.45, 7) is 3.75. The van der Waals surface area contributed by atoms with Gasteiger partial charge in [-0.25, -0.2) is 0 Å². The highest BCUT2D eigenvalue weighted by Crippen LogP contribution is 2.35. The second kappa shape index (κ2) is 5.19. The Balaban J connectivity index is 1.65. The lowest BCUT2D eigenvalue weighted by Gasteiger charge is -2.48. The van der Waals surface area contributed by atoms with Crippen LogP contribution < -0.4 is 0 Å². The number of rotatable bonds is 1. The van der Waals surface area contributed by atoms with Crippen LogP contribution in [0, 0.1) is 23.2 Å². The molecule has 100 valence electrons. The Morgan fingerprint density at radius 3 is 2.72 bits per heavy atom. The molecule has 2 aliphatic heterocycles. The molecular formula is C15H25N3. The highest BCUT2D eigenvalue weighted by atomic mass is 15.2. The van der Waals surface area contributed by atoms with E-state index in [2.05, 4.69) is 22.9 Å². The number of piperidine rings is 2. The normalized spacial score (nSPS) is 42.4. The van der Waals surface area contributed by atoms with Gasteiger partial charge in [0, 0.05) is 18.6 Å². The predicted molar refractivity (Wildman–Crippen MR) is 72.1 cm³/mol. The molecule has 0 aromatic carbocycles. The van der Waals surface area contributed by atoms with Crippen molar-refractivity contribution < 1.29 is 0 Å². The van der Waals surface area contributed by atoms with Crippen LogP contribution in [0.3, 0.4) is 0 Å². The zero-order valence-electron chi connectivity index (χ0n) is 11.5. The molecule has 0 spiro atoms. The number of hydrogen-bond donors (Lipinski definition) is 0. The van der Waals surface area contributed by atoms with Crippen molar-refractivity contribution in [2.24, 2.45) is 11.8 Å². The number of likely N-dealkylation sites (tertiary alicyclic amines) is 2. The van der Waals surface area contributed by atoms with Crippen molar-refractivity contribution in [2.75, 3.05) is 26.7 Å². The van der Waals surface area contributed by atoms with Gasteiger partial charge in [-0.05, 0) is 58.2 Å². The first-order chi connectivity index (χ1) is 8.79. The fraction of sp³-hybridized carbons (Fsp3) is 0.933. The van der Waals surface area contributed by atoms with Gasteiger partial charge in [0.25, 0.3) is 0 Å². The van der Waals surface area contributed by atoms with Gasteiger partial charge < -0.3 is 4.90 Å². The monoisotopic (exact) mass is 247 g/mol. The van der Waals surface area contributed by atoms with Crippen LogP contribution in [0.5, 0.6) is 0 Å². The summed E-state index contributed by atoms with van der Waals surface area (Å²) < 4.78 is 0. The first kappa shape index (κ1) is 12.4. The van der Waals surface area contributed by atoms with Gasteiger partial charge in [0.15, 0.2) is 0 Å². The van der Waals surface area contributed by atoms with E-state index < -0.39 is 0 Å². The predicted octanol–water partition coefficient (Wildman–Crippen LogP) is 2.09. The molecule has 4 unspecified atom stereocenters. The number of hydrogen-bond acceptors (Lipinski definition) is 3. The van der Waals surface area contributed by atoms with Crippen LogP contribution in [0.4, 0.5) is 0 Å². The van der Waals surface area contributed by atoms with Crippen molar-refractivity contribution in [1.82, 2.24) is 9.80 Å². The lowest BCUT2D eigenvalue weighted by molar-refractivity contribution is 0.0164. The van der Waals surface area contributed by atoms with Crippen molar-refractivity contribution in [2.45, 2.75) is 50.6 Å². The van der Waals surface area contributed by atoms with Gasteiger partial charge in [-0.3, -0.25) is 4.90 Å². The van der Waals surface area contributed by atoms with Gasteiger partial charge in [-0.2, -0.15) is 5.26 Å². The van der Waals surface area contributed by atoms with E-state index in [1.807, 2.05) is 0 Å². The molecule has 0 bridgehead atoms. The number of fused-ring (bicyclic) bond motifs is 1. The second-order valence-electron chi connectivity index (χ2n) is 6.47. The van der Waals surface area contributed by atoms with Crippen LogP contribution in [-0.4, -0.2) is 48.6 Å². The summed E-state index contributed by atoms with van der Waals surface area (Å²) in [5.74, 6) is 1.17. The molecule has 3 fully saturated rings. The van der Waals surface area contributed by atoms with Gasteiger partial charge in [0.05, 0.1) is 12.0 Å². The third-order valence-electron chi connectivity index (χ3n) is 5.49. The largest absolute Gasteiger partial charge is 0.303 e. The Hall–Kier alpha value is -0.590. The van der Waals surface area contributed by atoms with E-state index in [4.69, 9.17) is 0 Å². The molecule has 3 rings (SSSR count). The molecule has 4 atom stereocenters. The lowest BCUT2D eigenvalue weighted by Crippen LogP contribution is -2.55. The third kappa shape index (κ3) is 2.17. The van der Waals surface area contributed by atoms with E-state index in [1.165, 1.54) is 51.7 Å². The van der Waals surface area contributed by atoms with Crippen LogP contribution in [0.15, 0.2) is 0 Å². The Bertz CT molecular complexity index is 335. The third-order valence-corrected chi connectivity index (χ3v) is 5.49. The molecule has 1 saturated carbocycles. The topological polar surface area (TPSA) is 30.3 Å². The van der Waals surface area contributed by atoms with E-state index in [0.717, 1.165) is 18.4 Å². The summed E-state index contributed by atoms with van der Waals surface area (Å²) in [6.07, 6.45) is 7.72. The van der Waals surface area contributed by atoms with Crippen molar-refractivity contribution in [1.29, 1.82) is 5.26 Å². The Morgan fingerprint density at radius 1 is 1.00 bits per heavy atom. The molecule has 0 amide bonds. The molecule has 0 aromatic rings. The molecule has 0 radical (unpaired) electrons. The minimum absolute atomic E-state index is 0.308. The number of nitriles is 1. The van der Waals surface area contributed by atoms with Gasteiger partial charge in [0.2, 0.25) is 0 Å². The molecule has 2 heterocycles. The van der Waals surface area contributed by atoms with Crippen molar-refractivity contribution in [3.05, 3.63) is 0 Å². The summed E-state index contributed by atoms with van der Waals surface area (Å²) in [5.41, 5.74) is 0. The molecule has 18 heavy (non-hydrogen) atoms. The summed E-state index contributed by atoms with van der Waals surface area (Å²) in [5, 5.41) is 9.26. The summed E-state index contributed by atoms with van der Waals surface area (Å²) in [4.78, 5) is 5.23. The van der Waals surface area contributed by atoms with E-state index in [1.54, 1.807) is 0 Å². The van der Waals surface area contributed by atoms with Crippen molar-refractivity contribution in [3.8, 4) is 6.07 Å². The van der Waals surface area contributed by atoms with Crippen LogP contribution in [0.2, 0.25) is 0 Å². The minimum Gasteiger partial charge on any atom is -0.303 e. The van der Waals surface area contributed by atoms with Gasteiger partial charge >= 0.3 is 0 Å². The van der Waals surface area contributed by atoms with Crippen molar-refractivity contribution >= 4 is 0 Å². The highest BCUT2D eigenvalue weighted by molar-refractivity contribution is 5.00. The summed E-state index contributed by atoms with van der Waals surface area (Å²) in [7, 11) is 2.29. The first-order valence-corrected chi connectivity index (χ1v) is 7.63. The molecule has 3 aliphatic rings. The fourth-order valence-corrected chi connectivity index (χ4v) is 4.51. The molecule has 1 aliphatic carbocycles. The Labute approximate surface area is 111 Å². The maximum absolute atomic E-state index is 9.26. The molecule has 3 heteroatoms. The highest BCUT2D eigenvalue weighted by Gasteiger charge is 2.39. The van der Waals surface area contributed by atoms with Gasteiger partial charge in [-0.1, -0.05) is 6.42 Å². The quantitative estimate of drug-likeness (QED) is 0.711. The fourth-order valence-electron chi connectivity index (χ4n) is 4.51. The van der Waals surface area contributed by atoms with Crippen LogP contribution in [0.1, 0.15) is 38.5 Å². The van der Waals surface area contributed by atoms with E-state index in [-0.39, 0.29) is 0 Å². The summed E-state index contributed by atoms with van der Waals surface area (Å²) in [6, 6.07) is 3.93. The lowest BCUT2D eigenvalue weighted by atomic mass is 9.83. The molecular weight excluding hydrogens is 222 g/mol. The number of nitrogens with zero attached hydrogens (tertiary/aromatic N) is 3. The SMILES string of the molecule is CN1CCCC2CN(C3CCCC3C#N)CCC21. The average molecular weight is 247 g/mol. The van der Waals surface area contributed by atoms with Crippen LogP contribution in [0.25, 0.3) is 0 Å². The van der Waals surface area contributed by atoms with E-state index in [9.17, 15) is 5.26 Å². The maximum Gasteiger partial charge on any atom is 0.0672 e. The van der Waals surface area contributed by atoms with Gasteiger partial charge in [-0.15, -0.1) is 0 Å². The zero-order chi connectivity index (χ0) is 12.5. The van der Waals surface area contributed by atoms with E-state index in [0.29, 0.717) is 12.0 Å². The van der Waals surface area contributed by atoms with Crippen LogP contribution in [-0.2, 0) is 0 Å². The minimum atomic E-state index is 0.308. The average Bonchev–Trinajstić information content (AvgIpc) is 2.87. The smallest absolute Gasteiger partial charge is 0.0672 e. The zero-order valence-corrected chi connectivity index (χ0v) is 11.5.